The lowest BCUT2D eigenvalue weighted by Crippen LogP contribution is -2.15. The molecule has 1 aromatic heterocycles. The first-order chi connectivity index (χ1) is 15.6. The van der Waals surface area contributed by atoms with Crippen LogP contribution in [0.25, 0.3) is 11.3 Å². The molecule has 3 aromatic rings. The van der Waals surface area contributed by atoms with Crippen LogP contribution in [0.3, 0.4) is 0 Å². The Hall–Kier alpha value is -3.52. The minimum Gasteiger partial charge on any atom is -0.497 e. The van der Waals surface area contributed by atoms with E-state index >= 15 is 0 Å². The molecule has 2 aromatic carbocycles. The van der Waals surface area contributed by atoms with Crippen molar-refractivity contribution in [3.8, 4) is 34.3 Å². The Labute approximate surface area is 191 Å². The molecule has 3 rings (SSSR count). The summed E-state index contributed by atoms with van der Waals surface area (Å²) in [7, 11) is 6.52. The summed E-state index contributed by atoms with van der Waals surface area (Å²) in [5.74, 6) is 2.82. The quantitative estimate of drug-likeness (QED) is 0.351. The summed E-state index contributed by atoms with van der Waals surface area (Å²) in [6, 6.07) is 11.3. The second-order valence-electron chi connectivity index (χ2n) is 6.66. The van der Waals surface area contributed by atoms with Gasteiger partial charge in [0, 0.05) is 22.6 Å². The largest absolute Gasteiger partial charge is 0.497 e. The van der Waals surface area contributed by atoms with E-state index < -0.39 is 0 Å². The van der Waals surface area contributed by atoms with Crippen molar-refractivity contribution in [1.29, 1.82) is 0 Å². The van der Waals surface area contributed by atoms with E-state index in [0.717, 1.165) is 33.1 Å². The van der Waals surface area contributed by atoms with Gasteiger partial charge in [-0.1, -0.05) is 6.08 Å². The Kier molecular flexibility index (Phi) is 7.72. The number of aromatic nitrogens is 1. The monoisotopic (exact) mass is 453 g/mol. The summed E-state index contributed by atoms with van der Waals surface area (Å²) >= 11 is 1.49. The molecular weight excluding hydrogens is 426 g/mol. The van der Waals surface area contributed by atoms with Gasteiger partial charge >= 0.3 is 0 Å². The molecule has 0 fully saturated rings. The second-order valence-corrected chi connectivity index (χ2v) is 7.50. The highest BCUT2D eigenvalue weighted by Crippen LogP contribution is 2.34. The molecular formula is C24H27N3O4S. The van der Waals surface area contributed by atoms with Crippen LogP contribution in [0.5, 0.6) is 23.0 Å². The molecule has 0 N–H and O–H groups in total. The molecule has 0 bridgehead atoms. The van der Waals surface area contributed by atoms with Gasteiger partial charge in [0.2, 0.25) is 4.80 Å². The first-order valence-corrected chi connectivity index (χ1v) is 10.8. The van der Waals surface area contributed by atoms with Gasteiger partial charge in [-0.25, -0.2) is 4.68 Å². The molecule has 168 valence electrons. The second kappa shape index (κ2) is 10.7. The lowest BCUT2D eigenvalue weighted by molar-refractivity contribution is 0.395. The number of thiazole rings is 1. The van der Waals surface area contributed by atoms with Crippen LogP contribution in [0, 0.1) is 0 Å². The first-order valence-electron chi connectivity index (χ1n) is 9.88. The number of methoxy groups -OCH3 is 4. The zero-order valence-electron chi connectivity index (χ0n) is 18.9. The molecule has 0 spiro atoms. The number of ether oxygens (including phenoxy) is 4. The molecule has 0 amide bonds. The Morgan fingerprint density at radius 3 is 2.31 bits per heavy atom. The van der Waals surface area contributed by atoms with Crippen LogP contribution < -0.4 is 23.7 Å². The fraction of sp³-hybridized carbons (Fsp3) is 0.250. The number of benzene rings is 2. The molecule has 0 aliphatic rings. The topological polar surface area (TPSA) is 66.6 Å². The average molecular weight is 454 g/mol. The van der Waals surface area contributed by atoms with Gasteiger partial charge in [-0.15, -0.1) is 17.9 Å². The van der Waals surface area contributed by atoms with Crippen LogP contribution in [0.1, 0.15) is 12.5 Å². The molecule has 0 saturated carbocycles. The Morgan fingerprint density at radius 1 is 0.969 bits per heavy atom. The summed E-state index contributed by atoms with van der Waals surface area (Å²) in [5, 5.41) is 6.92. The van der Waals surface area contributed by atoms with Gasteiger partial charge in [-0.2, -0.15) is 5.10 Å². The van der Waals surface area contributed by atoms with Gasteiger partial charge in [0.05, 0.1) is 46.4 Å². The summed E-state index contributed by atoms with van der Waals surface area (Å²) in [6.07, 6.45) is 1.75. The first kappa shape index (κ1) is 23.1. The highest BCUT2D eigenvalue weighted by molar-refractivity contribution is 7.07. The van der Waals surface area contributed by atoms with E-state index in [2.05, 4.69) is 11.6 Å². The summed E-state index contributed by atoms with van der Waals surface area (Å²) < 4.78 is 23.7. The molecule has 7 nitrogen and oxygen atoms in total. The van der Waals surface area contributed by atoms with E-state index in [1.165, 1.54) is 11.3 Å². The molecule has 32 heavy (non-hydrogen) atoms. The number of nitrogens with zero attached hydrogens (tertiary/aromatic N) is 3. The smallest absolute Gasteiger partial charge is 0.206 e. The van der Waals surface area contributed by atoms with E-state index in [-0.39, 0.29) is 0 Å². The van der Waals surface area contributed by atoms with Crippen LogP contribution in [-0.2, 0) is 0 Å². The summed E-state index contributed by atoms with van der Waals surface area (Å²) in [6.45, 7) is 6.18. The lowest BCUT2D eigenvalue weighted by Gasteiger charge is -2.13. The van der Waals surface area contributed by atoms with Crippen molar-refractivity contribution in [1.82, 2.24) is 4.68 Å². The van der Waals surface area contributed by atoms with E-state index in [0.29, 0.717) is 23.8 Å². The van der Waals surface area contributed by atoms with Gasteiger partial charge in [-0.3, -0.25) is 4.99 Å². The SMILES string of the molecule is C=CCN=c1scc(-c2ccc(OC)cc2OC)n1N=C(C)c1cc(OC)ccc1OC. The van der Waals surface area contributed by atoms with Crippen LogP contribution in [-0.4, -0.2) is 45.4 Å². The van der Waals surface area contributed by atoms with E-state index in [1.54, 1.807) is 34.5 Å². The fourth-order valence-corrected chi connectivity index (χ4v) is 3.98. The minimum absolute atomic E-state index is 0.483. The van der Waals surface area contributed by atoms with E-state index in [4.69, 9.17) is 24.0 Å². The highest BCUT2D eigenvalue weighted by Gasteiger charge is 2.15. The summed E-state index contributed by atoms with van der Waals surface area (Å²) in [4.78, 5) is 5.35. The predicted octanol–water partition coefficient (Wildman–Crippen LogP) is 4.61. The number of rotatable bonds is 9. The maximum Gasteiger partial charge on any atom is 0.206 e. The third kappa shape index (κ3) is 4.86. The Morgan fingerprint density at radius 2 is 1.66 bits per heavy atom. The van der Waals surface area contributed by atoms with Crippen molar-refractivity contribution in [2.24, 2.45) is 10.1 Å². The number of hydrogen-bond acceptors (Lipinski definition) is 7. The van der Waals surface area contributed by atoms with Gasteiger partial charge in [0.15, 0.2) is 0 Å². The predicted molar refractivity (Wildman–Crippen MR) is 129 cm³/mol. The normalized spacial score (nSPS) is 11.9. The van der Waals surface area contributed by atoms with Crippen molar-refractivity contribution < 1.29 is 18.9 Å². The van der Waals surface area contributed by atoms with Crippen LogP contribution in [0.15, 0.2) is 64.5 Å². The molecule has 8 heteroatoms. The molecule has 0 atom stereocenters. The van der Waals surface area contributed by atoms with Gasteiger partial charge in [-0.05, 0) is 37.3 Å². The van der Waals surface area contributed by atoms with Gasteiger partial charge in [0.25, 0.3) is 0 Å². The zero-order valence-corrected chi connectivity index (χ0v) is 19.7. The fourth-order valence-electron chi connectivity index (χ4n) is 3.14. The van der Waals surface area contributed by atoms with Crippen molar-refractivity contribution in [2.75, 3.05) is 35.0 Å². The summed E-state index contributed by atoms with van der Waals surface area (Å²) in [5.41, 5.74) is 3.29. The van der Waals surface area contributed by atoms with Crippen LogP contribution >= 0.6 is 11.3 Å². The lowest BCUT2D eigenvalue weighted by atomic mass is 10.1. The molecule has 0 aliphatic carbocycles. The number of hydrogen-bond donors (Lipinski definition) is 0. The van der Waals surface area contributed by atoms with Crippen molar-refractivity contribution >= 4 is 17.0 Å². The zero-order chi connectivity index (χ0) is 23.1. The molecule has 0 saturated heterocycles. The Bertz CT molecular complexity index is 1190. The minimum atomic E-state index is 0.483. The van der Waals surface area contributed by atoms with Crippen molar-refractivity contribution in [3.05, 3.63) is 64.8 Å². The molecule has 0 aliphatic heterocycles. The standard InChI is InChI=1S/C24H27N3O4S/c1-7-12-25-24-27(26-16(2)20-13-17(28-3)9-11-22(20)30-5)21(15-32-24)19-10-8-18(29-4)14-23(19)31-6/h7-11,13-15H,1,12H2,2-6H3. The van der Waals surface area contributed by atoms with E-state index in [1.807, 2.05) is 53.4 Å². The van der Waals surface area contributed by atoms with Gasteiger partial charge < -0.3 is 18.9 Å². The van der Waals surface area contributed by atoms with Crippen LogP contribution in [0.2, 0.25) is 0 Å². The maximum atomic E-state index is 5.62. The third-order valence-corrected chi connectivity index (χ3v) is 5.63. The van der Waals surface area contributed by atoms with Crippen molar-refractivity contribution in [3.63, 3.8) is 0 Å². The average Bonchev–Trinajstić information content (AvgIpc) is 3.23. The molecule has 1 heterocycles. The maximum absolute atomic E-state index is 5.62. The van der Waals surface area contributed by atoms with Crippen LogP contribution in [0.4, 0.5) is 0 Å². The molecule has 0 radical (unpaired) electrons. The highest BCUT2D eigenvalue weighted by atomic mass is 32.1. The van der Waals surface area contributed by atoms with Crippen molar-refractivity contribution in [2.45, 2.75) is 6.92 Å². The Balaban J connectivity index is 2.22. The van der Waals surface area contributed by atoms with Gasteiger partial charge in [0.1, 0.15) is 23.0 Å². The van der Waals surface area contributed by atoms with E-state index in [9.17, 15) is 0 Å². The third-order valence-electron chi connectivity index (χ3n) is 4.77. The molecule has 0 unspecified atom stereocenters.